The first-order valence-corrected chi connectivity index (χ1v) is 7.99. The van der Waals surface area contributed by atoms with Crippen LogP contribution < -0.4 is 5.32 Å². The highest BCUT2D eigenvalue weighted by atomic mass is 79.9. The van der Waals surface area contributed by atoms with Crippen molar-refractivity contribution in [2.75, 3.05) is 18.5 Å². The minimum absolute atomic E-state index is 0.00351. The van der Waals surface area contributed by atoms with E-state index in [1.807, 2.05) is 12.1 Å². The number of hydrogen-bond donors (Lipinski definition) is 2. The van der Waals surface area contributed by atoms with E-state index in [4.69, 9.17) is 5.11 Å². The summed E-state index contributed by atoms with van der Waals surface area (Å²) >= 11 is 6.91. The molecule has 2 amide bonds. The first-order chi connectivity index (χ1) is 9.97. The molecule has 0 saturated carbocycles. The standard InChI is InChI=1S/C14H14Br2N2O3/c1-2-8-5-9(15)13(10(16)6-8)17-11-7-12(20)18(3-4-19)14(11)21/h5-7,17,19H,2-4H2,1H3. The predicted molar refractivity (Wildman–Crippen MR) is 86.7 cm³/mol. The van der Waals surface area contributed by atoms with Crippen LogP contribution in [0.4, 0.5) is 5.69 Å². The summed E-state index contributed by atoms with van der Waals surface area (Å²) in [7, 11) is 0. The van der Waals surface area contributed by atoms with E-state index in [9.17, 15) is 9.59 Å². The van der Waals surface area contributed by atoms with Crippen molar-refractivity contribution in [3.05, 3.63) is 38.4 Å². The quantitative estimate of drug-likeness (QED) is 0.722. The van der Waals surface area contributed by atoms with Crippen LogP contribution in [0.2, 0.25) is 0 Å². The van der Waals surface area contributed by atoms with Crippen molar-refractivity contribution in [2.24, 2.45) is 0 Å². The normalized spacial score (nSPS) is 14.7. The van der Waals surface area contributed by atoms with E-state index >= 15 is 0 Å². The minimum atomic E-state index is -0.438. The van der Waals surface area contributed by atoms with Crippen molar-refractivity contribution in [2.45, 2.75) is 13.3 Å². The van der Waals surface area contributed by atoms with Crippen molar-refractivity contribution in [1.82, 2.24) is 4.90 Å². The number of carbonyl (C=O) groups is 2. The van der Waals surface area contributed by atoms with Crippen LogP contribution in [-0.4, -0.2) is 35.0 Å². The summed E-state index contributed by atoms with van der Waals surface area (Å²) in [4.78, 5) is 24.8. The van der Waals surface area contributed by atoms with Crippen LogP contribution in [0.3, 0.4) is 0 Å². The number of hydrogen-bond acceptors (Lipinski definition) is 4. The molecule has 21 heavy (non-hydrogen) atoms. The molecular weight excluding hydrogens is 404 g/mol. The summed E-state index contributed by atoms with van der Waals surface area (Å²) in [5.74, 6) is -0.860. The lowest BCUT2D eigenvalue weighted by atomic mass is 10.1. The number of β-amino-alcohol motifs (C(OH)–C–C–N with tert-alkyl or cyclic N) is 1. The highest BCUT2D eigenvalue weighted by Gasteiger charge is 2.31. The molecule has 112 valence electrons. The van der Waals surface area contributed by atoms with Crippen molar-refractivity contribution >= 4 is 49.4 Å². The van der Waals surface area contributed by atoms with E-state index in [0.717, 1.165) is 25.8 Å². The molecule has 2 rings (SSSR count). The van der Waals surface area contributed by atoms with Crippen molar-refractivity contribution < 1.29 is 14.7 Å². The second-order valence-corrected chi connectivity index (χ2v) is 6.20. The Morgan fingerprint density at radius 1 is 1.24 bits per heavy atom. The topological polar surface area (TPSA) is 69.6 Å². The molecule has 1 aromatic rings. The Hall–Kier alpha value is -1.18. The van der Waals surface area contributed by atoms with Gasteiger partial charge in [0.1, 0.15) is 5.70 Å². The van der Waals surface area contributed by atoms with Gasteiger partial charge >= 0.3 is 0 Å². The second kappa shape index (κ2) is 6.72. The Kier molecular flexibility index (Phi) is 5.18. The molecule has 0 bridgehead atoms. The number of aryl methyl sites for hydroxylation is 1. The minimum Gasteiger partial charge on any atom is -0.395 e. The van der Waals surface area contributed by atoms with Gasteiger partial charge in [0, 0.05) is 15.0 Å². The van der Waals surface area contributed by atoms with Gasteiger partial charge in [-0.15, -0.1) is 0 Å². The van der Waals surface area contributed by atoms with Gasteiger partial charge in [0.15, 0.2) is 0 Å². The average Bonchev–Trinajstić information content (AvgIpc) is 2.70. The van der Waals surface area contributed by atoms with Gasteiger partial charge in [-0.2, -0.15) is 0 Å². The average molecular weight is 418 g/mol. The summed E-state index contributed by atoms with van der Waals surface area (Å²) in [6, 6.07) is 3.92. The number of nitrogens with one attached hydrogen (secondary N) is 1. The molecule has 0 radical (unpaired) electrons. The van der Waals surface area contributed by atoms with Crippen molar-refractivity contribution in [1.29, 1.82) is 0 Å². The van der Waals surface area contributed by atoms with Gasteiger partial charge in [0.05, 0.1) is 18.8 Å². The molecule has 7 heteroatoms. The van der Waals surface area contributed by atoms with Gasteiger partial charge in [0.2, 0.25) is 0 Å². The highest BCUT2D eigenvalue weighted by Crippen LogP contribution is 2.34. The molecule has 0 fully saturated rings. The third-order valence-corrected chi connectivity index (χ3v) is 4.35. The van der Waals surface area contributed by atoms with Crippen LogP contribution in [0.1, 0.15) is 12.5 Å². The van der Waals surface area contributed by atoms with E-state index in [1.54, 1.807) is 0 Å². The zero-order valence-corrected chi connectivity index (χ0v) is 14.5. The molecule has 0 spiro atoms. The fourth-order valence-corrected chi connectivity index (χ4v) is 3.47. The van der Waals surface area contributed by atoms with Crippen LogP contribution in [0.25, 0.3) is 0 Å². The zero-order chi connectivity index (χ0) is 15.6. The SMILES string of the molecule is CCc1cc(Br)c(NC2=CC(=O)N(CCO)C2=O)c(Br)c1. The number of benzene rings is 1. The van der Waals surface area contributed by atoms with Gasteiger partial charge in [-0.3, -0.25) is 14.5 Å². The molecule has 0 saturated heterocycles. The Labute approximate surface area is 139 Å². The molecule has 2 N–H and O–H groups in total. The molecule has 5 nitrogen and oxygen atoms in total. The number of aliphatic hydroxyl groups is 1. The Morgan fingerprint density at radius 2 is 1.86 bits per heavy atom. The number of imide groups is 1. The lowest BCUT2D eigenvalue weighted by Crippen LogP contribution is -2.34. The number of rotatable bonds is 5. The maximum atomic E-state index is 12.1. The Bertz CT molecular complexity index is 606. The van der Waals surface area contributed by atoms with E-state index in [1.165, 1.54) is 6.08 Å². The summed E-state index contributed by atoms with van der Waals surface area (Å²) in [5.41, 5.74) is 2.02. The maximum Gasteiger partial charge on any atom is 0.277 e. The molecule has 0 atom stereocenters. The third-order valence-electron chi connectivity index (χ3n) is 3.10. The van der Waals surface area contributed by atoms with Gasteiger partial charge < -0.3 is 10.4 Å². The summed E-state index contributed by atoms with van der Waals surface area (Å²) in [6.45, 7) is 1.80. The molecule has 0 aromatic heterocycles. The zero-order valence-electron chi connectivity index (χ0n) is 11.3. The van der Waals surface area contributed by atoms with Crippen LogP contribution in [0.15, 0.2) is 32.9 Å². The fourth-order valence-electron chi connectivity index (χ4n) is 1.99. The number of aliphatic hydroxyl groups excluding tert-OH is 1. The van der Waals surface area contributed by atoms with Crippen molar-refractivity contribution in [3.63, 3.8) is 0 Å². The van der Waals surface area contributed by atoms with Gasteiger partial charge in [0.25, 0.3) is 11.8 Å². The molecule has 1 aromatic carbocycles. The first kappa shape index (κ1) is 16.2. The number of nitrogens with zero attached hydrogens (tertiary/aromatic N) is 1. The maximum absolute atomic E-state index is 12.1. The lowest BCUT2D eigenvalue weighted by Gasteiger charge is -2.15. The molecule has 1 aliphatic heterocycles. The number of halogens is 2. The van der Waals surface area contributed by atoms with Crippen LogP contribution in [0.5, 0.6) is 0 Å². The lowest BCUT2D eigenvalue weighted by molar-refractivity contribution is -0.137. The highest BCUT2D eigenvalue weighted by molar-refractivity contribution is 9.11. The summed E-state index contributed by atoms with van der Waals surface area (Å²) < 4.78 is 1.60. The van der Waals surface area contributed by atoms with Crippen molar-refractivity contribution in [3.8, 4) is 0 Å². The third kappa shape index (κ3) is 3.36. The van der Waals surface area contributed by atoms with E-state index in [0.29, 0.717) is 5.69 Å². The van der Waals surface area contributed by atoms with Crippen LogP contribution >= 0.6 is 31.9 Å². The molecule has 1 heterocycles. The van der Waals surface area contributed by atoms with Crippen LogP contribution in [0, 0.1) is 0 Å². The van der Waals surface area contributed by atoms with E-state index in [-0.39, 0.29) is 18.8 Å². The van der Waals surface area contributed by atoms with E-state index in [2.05, 4.69) is 44.1 Å². The second-order valence-electron chi connectivity index (χ2n) is 4.49. The molecular formula is C14H14Br2N2O3. The van der Waals surface area contributed by atoms with Gasteiger partial charge in [-0.05, 0) is 56.0 Å². The summed E-state index contributed by atoms with van der Waals surface area (Å²) in [6.07, 6.45) is 2.13. The fraction of sp³-hybridized carbons (Fsp3) is 0.286. The largest absolute Gasteiger partial charge is 0.395 e. The Morgan fingerprint density at radius 3 is 2.38 bits per heavy atom. The number of anilines is 1. The smallest absolute Gasteiger partial charge is 0.277 e. The first-order valence-electron chi connectivity index (χ1n) is 6.41. The van der Waals surface area contributed by atoms with Gasteiger partial charge in [-0.1, -0.05) is 6.92 Å². The monoisotopic (exact) mass is 416 g/mol. The molecule has 0 aliphatic carbocycles. The van der Waals surface area contributed by atoms with Gasteiger partial charge in [-0.25, -0.2) is 0 Å². The molecule has 0 unspecified atom stereocenters. The molecule has 1 aliphatic rings. The predicted octanol–water partition coefficient (Wildman–Crippen LogP) is 2.43. The van der Waals surface area contributed by atoms with Crippen LogP contribution in [-0.2, 0) is 16.0 Å². The number of carbonyl (C=O) groups excluding carboxylic acids is 2. The van der Waals surface area contributed by atoms with E-state index < -0.39 is 11.8 Å². The number of amides is 2. The Balaban J connectivity index is 2.26. The summed E-state index contributed by atoms with van der Waals surface area (Å²) in [5, 5.41) is 11.9.